The van der Waals surface area contributed by atoms with E-state index in [4.69, 9.17) is 16.3 Å². The highest BCUT2D eigenvalue weighted by molar-refractivity contribution is 6.30. The van der Waals surface area contributed by atoms with E-state index in [-0.39, 0.29) is 0 Å². The summed E-state index contributed by atoms with van der Waals surface area (Å²) in [6.07, 6.45) is -0.412. The van der Waals surface area contributed by atoms with Gasteiger partial charge in [0.1, 0.15) is 0 Å². The maximum absolute atomic E-state index is 11.5. The van der Waals surface area contributed by atoms with E-state index in [1.165, 1.54) is 12.0 Å². The molecule has 0 aliphatic carbocycles. The summed E-state index contributed by atoms with van der Waals surface area (Å²) in [4.78, 5) is 17.2. The Morgan fingerprint density at radius 3 is 3.00 bits per heavy atom. The Morgan fingerprint density at radius 2 is 2.33 bits per heavy atom. The molecule has 0 spiro atoms. The molecule has 0 bridgehead atoms. The van der Waals surface area contributed by atoms with Gasteiger partial charge in [0.25, 0.3) is 0 Å². The molecule has 1 aliphatic rings. The molecule has 1 amide bonds. The van der Waals surface area contributed by atoms with Crippen LogP contribution in [0.2, 0.25) is 5.02 Å². The van der Waals surface area contributed by atoms with Crippen molar-refractivity contribution in [1.29, 1.82) is 0 Å². The summed E-state index contributed by atoms with van der Waals surface area (Å²) in [7, 11) is 1.35. The van der Waals surface area contributed by atoms with Gasteiger partial charge in [0.05, 0.1) is 20.2 Å². The number of carbonyl (C=O) groups excluding carboxylic acids is 1. The van der Waals surface area contributed by atoms with Crippen LogP contribution in [0.4, 0.5) is 10.5 Å². The predicted octanol–water partition coefficient (Wildman–Crippen LogP) is 2.50. The molecule has 0 saturated carbocycles. The number of hydrogen-bond donors (Lipinski definition) is 1. The summed E-state index contributed by atoms with van der Waals surface area (Å²) in [6.45, 7) is 3.04. The highest BCUT2D eigenvalue weighted by Crippen LogP contribution is 2.20. The number of carbonyl (C=O) groups is 1. The Balaban J connectivity index is 2.16. The van der Waals surface area contributed by atoms with Crippen molar-refractivity contribution in [2.75, 3.05) is 25.5 Å². The first-order valence-electron chi connectivity index (χ1n) is 5.55. The fourth-order valence-corrected chi connectivity index (χ4v) is 1.96. The molecule has 0 atom stereocenters. The van der Waals surface area contributed by atoms with Crippen LogP contribution in [0.15, 0.2) is 23.2 Å². The highest BCUT2D eigenvalue weighted by Gasteiger charge is 2.24. The predicted molar refractivity (Wildman–Crippen MR) is 71.2 cm³/mol. The number of nitrogens with one attached hydrogen (secondary N) is 1. The number of methoxy groups -OCH3 is 1. The molecule has 1 aromatic carbocycles. The van der Waals surface area contributed by atoms with Crippen molar-refractivity contribution in [3.8, 4) is 0 Å². The number of rotatable bonds is 1. The van der Waals surface area contributed by atoms with Crippen LogP contribution in [0.25, 0.3) is 0 Å². The molecular formula is C12H14ClN3O2. The number of aliphatic imine (C=N–C) groups is 1. The SMILES string of the molecule is COC(=O)N1CCN=C1Nc1ccc(Cl)cc1C. The molecule has 0 unspecified atom stereocenters. The summed E-state index contributed by atoms with van der Waals surface area (Å²) in [5.41, 5.74) is 1.86. The fourth-order valence-electron chi connectivity index (χ4n) is 1.73. The standard InChI is InChI=1S/C12H14ClN3O2/c1-8-7-9(13)3-4-10(8)15-11-14-5-6-16(11)12(17)18-2/h3-4,7H,5-6H2,1-2H3,(H,14,15). The van der Waals surface area contributed by atoms with Crippen LogP contribution >= 0.6 is 11.6 Å². The number of anilines is 1. The molecule has 1 heterocycles. The highest BCUT2D eigenvalue weighted by atomic mass is 35.5. The zero-order chi connectivity index (χ0) is 13.1. The quantitative estimate of drug-likeness (QED) is 0.851. The lowest BCUT2D eigenvalue weighted by Gasteiger charge is -2.18. The van der Waals surface area contributed by atoms with E-state index >= 15 is 0 Å². The van der Waals surface area contributed by atoms with Gasteiger partial charge in [0.2, 0.25) is 5.96 Å². The molecule has 18 heavy (non-hydrogen) atoms. The lowest BCUT2D eigenvalue weighted by atomic mass is 10.2. The number of amides is 1. The molecule has 96 valence electrons. The monoisotopic (exact) mass is 267 g/mol. The van der Waals surface area contributed by atoms with Crippen molar-refractivity contribution < 1.29 is 9.53 Å². The third kappa shape index (κ3) is 2.56. The second-order valence-corrected chi connectivity index (χ2v) is 4.35. The van der Waals surface area contributed by atoms with Gasteiger partial charge in [-0.15, -0.1) is 0 Å². The number of aryl methyl sites for hydroxylation is 1. The molecule has 0 aromatic heterocycles. The first-order chi connectivity index (χ1) is 8.61. The molecule has 6 heteroatoms. The van der Waals surface area contributed by atoms with Crippen LogP contribution in [-0.2, 0) is 4.74 Å². The van der Waals surface area contributed by atoms with Gasteiger partial charge in [-0.05, 0) is 30.7 Å². The summed E-state index contributed by atoms with van der Waals surface area (Å²) < 4.78 is 4.70. The van der Waals surface area contributed by atoms with Gasteiger partial charge in [0.15, 0.2) is 0 Å². The van der Waals surface area contributed by atoms with Gasteiger partial charge in [0, 0.05) is 10.7 Å². The normalized spacial score (nSPS) is 14.4. The molecule has 1 N–H and O–H groups in total. The van der Waals surface area contributed by atoms with Crippen LogP contribution < -0.4 is 5.32 Å². The van der Waals surface area contributed by atoms with Gasteiger partial charge >= 0.3 is 6.09 Å². The van der Waals surface area contributed by atoms with Crippen LogP contribution in [-0.4, -0.2) is 37.2 Å². The van der Waals surface area contributed by atoms with Crippen molar-refractivity contribution >= 4 is 29.3 Å². The second kappa shape index (κ2) is 5.27. The summed E-state index contributed by atoms with van der Waals surface area (Å²) >= 11 is 5.89. The third-order valence-electron chi connectivity index (χ3n) is 2.67. The Morgan fingerprint density at radius 1 is 1.56 bits per heavy atom. The minimum absolute atomic E-state index is 0.412. The Labute approximate surface area is 110 Å². The van der Waals surface area contributed by atoms with E-state index in [2.05, 4.69) is 10.3 Å². The summed E-state index contributed by atoms with van der Waals surface area (Å²) in [5, 5.41) is 3.80. The van der Waals surface area contributed by atoms with E-state index in [0.717, 1.165) is 11.3 Å². The smallest absolute Gasteiger partial charge is 0.416 e. The molecule has 2 rings (SSSR count). The van der Waals surface area contributed by atoms with E-state index in [9.17, 15) is 4.79 Å². The Hall–Kier alpha value is -1.75. The largest absolute Gasteiger partial charge is 0.452 e. The van der Waals surface area contributed by atoms with Gasteiger partial charge in [-0.2, -0.15) is 0 Å². The van der Waals surface area contributed by atoms with Crippen molar-refractivity contribution in [3.05, 3.63) is 28.8 Å². The van der Waals surface area contributed by atoms with Gasteiger partial charge in [-0.1, -0.05) is 11.6 Å². The minimum Gasteiger partial charge on any atom is -0.452 e. The number of nitrogens with zero attached hydrogens (tertiary/aromatic N) is 2. The van der Waals surface area contributed by atoms with Crippen LogP contribution in [0.1, 0.15) is 5.56 Å². The van der Waals surface area contributed by atoms with Crippen LogP contribution in [0, 0.1) is 6.92 Å². The molecular weight excluding hydrogens is 254 g/mol. The number of hydrogen-bond acceptors (Lipinski definition) is 4. The average Bonchev–Trinajstić information content (AvgIpc) is 2.80. The molecule has 0 fully saturated rings. The maximum atomic E-state index is 11.5. The molecule has 5 nitrogen and oxygen atoms in total. The summed E-state index contributed by atoms with van der Waals surface area (Å²) in [6, 6.07) is 5.49. The van der Waals surface area contributed by atoms with Crippen molar-refractivity contribution in [2.45, 2.75) is 6.92 Å². The number of halogens is 1. The van der Waals surface area contributed by atoms with Gasteiger partial charge in [-0.25, -0.2) is 9.69 Å². The zero-order valence-electron chi connectivity index (χ0n) is 10.2. The van der Waals surface area contributed by atoms with Crippen molar-refractivity contribution in [1.82, 2.24) is 4.90 Å². The molecule has 0 saturated heterocycles. The average molecular weight is 268 g/mol. The maximum Gasteiger partial charge on any atom is 0.416 e. The van der Waals surface area contributed by atoms with E-state index in [0.29, 0.717) is 24.1 Å². The fraction of sp³-hybridized carbons (Fsp3) is 0.333. The third-order valence-corrected chi connectivity index (χ3v) is 2.91. The van der Waals surface area contributed by atoms with Gasteiger partial charge < -0.3 is 10.1 Å². The van der Waals surface area contributed by atoms with E-state index < -0.39 is 6.09 Å². The zero-order valence-corrected chi connectivity index (χ0v) is 11.0. The first-order valence-corrected chi connectivity index (χ1v) is 5.92. The molecule has 0 radical (unpaired) electrons. The number of guanidine groups is 1. The Bertz CT molecular complexity index is 502. The Kier molecular flexibility index (Phi) is 3.72. The minimum atomic E-state index is -0.412. The second-order valence-electron chi connectivity index (χ2n) is 3.91. The summed E-state index contributed by atoms with van der Waals surface area (Å²) in [5.74, 6) is 0.507. The van der Waals surface area contributed by atoms with E-state index in [1.54, 1.807) is 6.07 Å². The number of ether oxygens (including phenoxy) is 1. The van der Waals surface area contributed by atoms with Crippen molar-refractivity contribution in [3.63, 3.8) is 0 Å². The first kappa shape index (κ1) is 12.7. The van der Waals surface area contributed by atoms with Gasteiger partial charge in [-0.3, -0.25) is 4.99 Å². The van der Waals surface area contributed by atoms with Crippen LogP contribution in [0.5, 0.6) is 0 Å². The van der Waals surface area contributed by atoms with Crippen LogP contribution in [0.3, 0.4) is 0 Å². The lowest BCUT2D eigenvalue weighted by Crippen LogP contribution is -2.38. The molecule has 1 aliphatic heterocycles. The lowest BCUT2D eigenvalue weighted by molar-refractivity contribution is 0.148. The topological polar surface area (TPSA) is 53.9 Å². The van der Waals surface area contributed by atoms with Crippen molar-refractivity contribution in [2.24, 2.45) is 4.99 Å². The molecule has 1 aromatic rings. The number of benzene rings is 1. The van der Waals surface area contributed by atoms with E-state index in [1.807, 2.05) is 19.1 Å².